The minimum atomic E-state index is -0.370. The first-order chi connectivity index (χ1) is 8.75. The van der Waals surface area contributed by atoms with E-state index in [2.05, 4.69) is 11.9 Å². The summed E-state index contributed by atoms with van der Waals surface area (Å²) >= 11 is 0. The van der Waals surface area contributed by atoms with Crippen LogP contribution in [0.2, 0.25) is 0 Å². The predicted molar refractivity (Wildman–Crippen MR) is 73.0 cm³/mol. The molecule has 97 valence electrons. The number of rotatable bonds is 5. The molecule has 0 unspecified atom stereocenters. The maximum Gasteiger partial charge on any atom is 0.248 e. The molecule has 2 rings (SSSR count). The van der Waals surface area contributed by atoms with E-state index >= 15 is 0 Å². The van der Waals surface area contributed by atoms with Gasteiger partial charge in [-0.15, -0.1) is 0 Å². The lowest BCUT2D eigenvalue weighted by atomic mass is 9.95. The van der Waals surface area contributed by atoms with Crippen LogP contribution < -0.4 is 11.1 Å². The number of carbonyl (C=O) groups is 1. The Balaban J connectivity index is 1.74. The van der Waals surface area contributed by atoms with E-state index in [1.54, 1.807) is 12.1 Å². The average molecular weight is 245 g/mol. The molecule has 1 saturated carbocycles. The number of benzene rings is 1. The van der Waals surface area contributed by atoms with Crippen molar-refractivity contribution >= 4 is 5.91 Å². The van der Waals surface area contributed by atoms with Crippen molar-refractivity contribution in [1.29, 1.82) is 0 Å². The lowest BCUT2D eigenvalue weighted by Crippen LogP contribution is -2.29. The van der Waals surface area contributed by atoms with E-state index in [9.17, 15) is 4.79 Å². The van der Waals surface area contributed by atoms with Crippen molar-refractivity contribution < 1.29 is 4.79 Å². The summed E-state index contributed by atoms with van der Waals surface area (Å²) in [5.74, 6) is -0.370. The smallest absolute Gasteiger partial charge is 0.248 e. The van der Waals surface area contributed by atoms with Gasteiger partial charge in [0.15, 0.2) is 0 Å². The predicted octanol–water partition coefficient (Wildman–Crippen LogP) is 2.41. The zero-order chi connectivity index (χ0) is 12.8. The van der Waals surface area contributed by atoms with Crippen LogP contribution in [0.25, 0.3) is 0 Å². The molecule has 0 saturated heterocycles. The zero-order valence-corrected chi connectivity index (χ0v) is 10.7. The highest BCUT2D eigenvalue weighted by atomic mass is 16.1. The molecule has 0 aliphatic heterocycles. The summed E-state index contributed by atoms with van der Waals surface area (Å²) in [5.41, 5.74) is 6.97. The molecule has 3 heteroatoms. The number of nitrogens with two attached hydrogens (primary N) is 1. The fourth-order valence-electron chi connectivity index (χ4n) is 2.42. The number of carbonyl (C=O) groups excluding carboxylic acids is 1. The van der Waals surface area contributed by atoms with Crippen LogP contribution in [0.15, 0.2) is 24.3 Å². The molecule has 1 aliphatic carbocycles. The molecular formula is C15H21N2O. The first kappa shape index (κ1) is 13.1. The molecule has 0 heterocycles. The van der Waals surface area contributed by atoms with E-state index in [0.29, 0.717) is 11.6 Å². The largest absolute Gasteiger partial charge is 0.366 e. The topological polar surface area (TPSA) is 55.1 Å². The third-order valence-electron chi connectivity index (χ3n) is 3.53. The first-order valence-electron chi connectivity index (χ1n) is 6.72. The van der Waals surface area contributed by atoms with Gasteiger partial charge in [-0.1, -0.05) is 31.4 Å². The first-order valence-corrected chi connectivity index (χ1v) is 6.72. The van der Waals surface area contributed by atoms with Crippen molar-refractivity contribution in [3.05, 3.63) is 41.9 Å². The minimum absolute atomic E-state index is 0.370. The van der Waals surface area contributed by atoms with Gasteiger partial charge in [0.2, 0.25) is 5.91 Å². The summed E-state index contributed by atoms with van der Waals surface area (Å²) in [6.45, 7) is 2.13. The summed E-state index contributed by atoms with van der Waals surface area (Å²) in [7, 11) is 0. The third-order valence-corrected chi connectivity index (χ3v) is 3.53. The molecule has 1 aromatic carbocycles. The molecular weight excluding hydrogens is 224 g/mol. The molecule has 0 bridgehead atoms. The van der Waals surface area contributed by atoms with Gasteiger partial charge in [-0.05, 0) is 37.0 Å². The highest BCUT2D eigenvalue weighted by Crippen LogP contribution is 2.17. The van der Waals surface area contributed by atoms with Crippen LogP contribution in [0.1, 0.15) is 48.0 Å². The van der Waals surface area contributed by atoms with Gasteiger partial charge in [0.25, 0.3) is 0 Å². The van der Waals surface area contributed by atoms with Crippen LogP contribution in [0, 0.1) is 6.54 Å². The Labute approximate surface area is 109 Å². The Kier molecular flexibility index (Phi) is 4.76. The molecule has 0 aromatic heterocycles. The van der Waals surface area contributed by atoms with Crippen LogP contribution in [-0.4, -0.2) is 11.9 Å². The van der Waals surface area contributed by atoms with Gasteiger partial charge in [0.1, 0.15) is 0 Å². The fraction of sp³-hybridized carbons (Fsp3) is 0.467. The van der Waals surface area contributed by atoms with E-state index < -0.39 is 0 Å². The van der Waals surface area contributed by atoms with Gasteiger partial charge >= 0.3 is 0 Å². The van der Waals surface area contributed by atoms with Crippen molar-refractivity contribution in [3.63, 3.8) is 0 Å². The van der Waals surface area contributed by atoms with Crippen LogP contribution >= 0.6 is 0 Å². The number of primary amides is 1. The summed E-state index contributed by atoms with van der Waals surface area (Å²) in [4.78, 5) is 10.9. The van der Waals surface area contributed by atoms with Crippen LogP contribution in [0.3, 0.4) is 0 Å². The standard InChI is InChI=1S/C15H21N2O/c16-15(18)13-8-6-12(7-9-13)10-11-17-14-4-2-1-3-5-14/h6-9,11,14,17H,1-5,10H2,(H2,16,18). The van der Waals surface area contributed by atoms with E-state index in [-0.39, 0.29) is 5.91 Å². The molecule has 0 spiro atoms. The van der Waals surface area contributed by atoms with Gasteiger partial charge in [-0.2, -0.15) is 0 Å². The monoisotopic (exact) mass is 245 g/mol. The van der Waals surface area contributed by atoms with E-state index in [0.717, 1.165) is 6.42 Å². The molecule has 0 atom stereocenters. The summed E-state index contributed by atoms with van der Waals surface area (Å²) in [5, 5.41) is 3.49. The molecule has 18 heavy (non-hydrogen) atoms. The van der Waals surface area contributed by atoms with Crippen LogP contribution in [0.5, 0.6) is 0 Å². The maximum atomic E-state index is 10.9. The minimum Gasteiger partial charge on any atom is -0.366 e. The van der Waals surface area contributed by atoms with Crippen LogP contribution in [-0.2, 0) is 6.42 Å². The van der Waals surface area contributed by atoms with Gasteiger partial charge in [0.05, 0.1) is 0 Å². The van der Waals surface area contributed by atoms with E-state index in [1.165, 1.54) is 37.7 Å². The molecule has 1 aromatic rings. The van der Waals surface area contributed by atoms with Crippen molar-refractivity contribution in [2.24, 2.45) is 5.73 Å². The number of hydrogen-bond acceptors (Lipinski definition) is 2. The van der Waals surface area contributed by atoms with E-state index in [4.69, 9.17) is 5.73 Å². The van der Waals surface area contributed by atoms with E-state index in [1.807, 2.05) is 12.1 Å². The zero-order valence-electron chi connectivity index (χ0n) is 10.7. The lowest BCUT2D eigenvalue weighted by Gasteiger charge is -2.22. The highest BCUT2D eigenvalue weighted by molar-refractivity contribution is 5.92. The summed E-state index contributed by atoms with van der Waals surface area (Å²) in [6, 6.07) is 8.14. The number of amides is 1. The van der Waals surface area contributed by atoms with Crippen molar-refractivity contribution in [2.45, 2.75) is 44.6 Å². The number of nitrogens with one attached hydrogen (secondary N) is 1. The molecule has 3 nitrogen and oxygen atoms in total. The van der Waals surface area contributed by atoms with Gasteiger partial charge in [-0.3, -0.25) is 4.79 Å². The van der Waals surface area contributed by atoms with Gasteiger partial charge < -0.3 is 11.1 Å². The summed E-state index contributed by atoms with van der Waals surface area (Å²) in [6.07, 6.45) is 7.54. The van der Waals surface area contributed by atoms with Gasteiger partial charge in [0, 0.05) is 18.2 Å². The average Bonchev–Trinajstić information content (AvgIpc) is 2.40. The second-order valence-electron chi connectivity index (χ2n) is 4.97. The Hall–Kier alpha value is -1.35. The second kappa shape index (κ2) is 6.55. The molecule has 1 amide bonds. The Bertz CT molecular complexity index is 380. The highest BCUT2D eigenvalue weighted by Gasteiger charge is 2.12. The maximum absolute atomic E-state index is 10.9. The molecule has 3 N–H and O–H groups in total. The Morgan fingerprint density at radius 2 is 1.89 bits per heavy atom. The molecule has 1 radical (unpaired) electrons. The third kappa shape index (κ3) is 3.84. The molecule has 1 fully saturated rings. The van der Waals surface area contributed by atoms with Crippen molar-refractivity contribution in [2.75, 3.05) is 0 Å². The summed E-state index contributed by atoms with van der Waals surface area (Å²) < 4.78 is 0. The fourth-order valence-corrected chi connectivity index (χ4v) is 2.42. The Morgan fingerprint density at radius 3 is 2.50 bits per heavy atom. The normalized spacial score (nSPS) is 16.7. The quantitative estimate of drug-likeness (QED) is 0.837. The lowest BCUT2D eigenvalue weighted by molar-refractivity contribution is 0.100. The van der Waals surface area contributed by atoms with Crippen LogP contribution in [0.4, 0.5) is 0 Å². The second-order valence-corrected chi connectivity index (χ2v) is 4.97. The Morgan fingerprint density at radius 1 is 1.22 bits per heavy atom. The van der Waals surface area contributed by atoms with Crippen molar-refractivity contribution in [3.8, 4) is 0 Å². The molecule has 1 aliphatic rings. The van der Waals surface area contributed by atoms with Crippen molar-refractivity contribution in [1.82, 2.24) is 5.32 Å². The SMILES string of the molecule is NC(=O)c1ccc(C[CH]NC2CCCCC2)cc1. The number of hydrogen-bond donors (Lipinski definition) is 2. The van der Waals surface area contributed by atoms with Gasteiger partial charge in [-0.25, -0.2) is 0 Å².